The number of primary amides is 2. The average Bonchev–Trinajstić information content (AvgIpc) is 3.52. The van der Waals surface area contributed by atoms with Crippen LogP contribution >= 0.6 is 11.3 Å². The normalized spacial score (nSPS) is 11.8. The van der Waals surface area contributed by atoms with E-state index in [2.05, 4.69) is 20.3 Å². The van der Waals surface area contributed by atoms with Crippen LogP contribution in [0.1, 0.15) is 56.2 Å². The number of nitrogens with one attached hydrogen (secondary N) is 1. The number of amides is 3. The van der Waals surface area contributed by atoms with E-state index in [0.29, 0.717) is 57.6 Å². The van der Waals surface area contributed by atoms with Crippen molar-refractivity contribution in [3.05, 3.63) is 69.8 Å². The van der Waals surface area contributed by atoms with Crippen molar-refractivity contribution in [3.63, 3.8) is 0 Å². The van der Waals surface area contributed by atoms with Crippen LogP contribution in [0.4, 0.5) is 11.5 Å². The van der Waals surface area contributed by atoms with E-state index >= 15 is 0 Å². The molecule has 1 aromatic carbocycles. The molecule has 0 atom stereocenters. The van der Waals surface area contributed by atoms with Gasteiger partial charge in [-0.2, -0.15) is 4.99 Å². The molecule has 0 saturated heterocycles. The molecule has 4 rings (SSSR count). The highest BCUT2D eigenvalue weighted by molar-refractivity contribution is 7.16. The number of ether oxygens (including phenoxy) is 1. The number of aromatic nitrogens is 3. The van der Waals surface area contributed by atoms with Gasteiger partial charge in [-0.1, -0.05) is 30.4 Å². The van der Waals surface area contributed by atoms with Gasteiger partial charge in [-0.15, -0.1) is 0 Å². The quantitative estimate of drug-likeness (QED) is 0.109. The van der Waals surface area contributed by atoms with Crippen LogP contribution in [0.15, 0.2) is 46.0 Å². The first-order valence-corrected chi connectivity index (χ1v) is 14.1. The van der Waals surface area contributed by atoms with E-state index in [1.807, 2.05) is 19.1 Å². The number of carbonyl (C=O) groups is 3. The number of fused-ring (bicyclic) bond motifs is 1. The number of hydrogen-bond acceptors (Lipinski definition) is 11. The lowest BCUT2D eigenvalue weighted by Crippen LogP contribution is -2.18. The molecule has 0 aliphatic rings. The van der Waals surface area contributed by atoms with E-state index in [4.69, 9.17) is 26.4 Å². The van der Waals surface area contributed by atoms with Gasteiger partial charge in [-0.05, 0) is 24.6 Å². The fraction of sp³-hybridized carbons (Fsp3) is 0.286. The van der Waals surface area contributed by atoms with Crippen LogP contribution in [0.25, 0.3) is 10.2 Å². The fourth-order valence-electron chi connectivity index (χ4n) is 4.12. The van der Waals surface area contributed by atoms with Crippen LogP contribution in [-0.4, -0.2) is 57.1 Å². The lowest BCUT2D eigenvalue weighted by Gasteiger charge is -2.11. The first-order valence-electron chi connectivity index (χ1n) is 13.3. The van der Waals surface area contributed by atoms with Gasteiger partial charge < -0.3 is 41.3 Å². The molecule has 4 aromatic rings. The second kappa shape index (κ2) is 13.8. The number of rotatable bonds is 13. The minimum atomic E-state index is -0.643. The Morgan fingerprint density at radius 3 is 2.63 bits per heavy atom. The third-order valence-corrected chi connectivity index (χ3v) is 7.19. The highest BCUT2D eigenvalue weighted by Crippen LogP contribution is 2.30. The summed E-state index contributed by atoms with van der Waals surface area (Å²) >= 11 is 1.18. The first kappa shape index (κ1) is 30.9. The van der Waals surface area contributed by atoms with E-state index in [1.54, 1.807) is 17.6 Å². The Morgan fingerprint density at radius 2 is 1.95 bits per heavy atom. The van der Waals surface area contributed by atoms with E-state index < -0.39 is 17.7 Å². The Hall–Kier alpha value is -5.02. The van der Waals surface area contributed by atoms with Crippen molar-refractivity contribution in [1.29, 1.82) is 0 Å². The number of nitrogens with two attached hydrogens (primary N) is 3. The number of pyridine rings is 1. The van der Waals surface area contributed by atoms with Gasteiger partial charge in [0, 0.05) is 44.8 Å². The van der Waals surface area contributed by atoms with Gasteiger partial charge in [0.25, 0.3) is 0 Å². The number of hydrogen-bond donors (Lipinski definition) is 5. The molecule has 0 spiro atoms. The maximum atomic E-state index is 13.2. The van der Waals surface area contributed by atoms with E-state index in [-0.39, 0.29) is 42.3 Å². The van der Waals surface area contributed by atoms with Crippen molar-refractivity contribution in [1.82, 2.24) is 14.5 Å². The fourth-order valence-corrected chi connectivity index (χ4v) is 5.22. The van der Waals surface area contributed by atoms with E-state index in [0.717, 1.165) is 0 Å². The van der Waals surface area contributed by atoms with Crippen molar-refractivity contribution in [3.8, 4) is 5.75 Å². The standard InChI is InChI=1S/C28H32N8O6S/c1-3-19-23(42-15(2)34-19)27(40)35-28-36(8-5-4-7-32-26-18(29)11-17(14-33-26)25(31)39)22-20(41-10-6-9-37)12-16(24(30)38)13-21(22)43-28/h4-5,11-14,37H,3,6-10,29H2,1-2H3,(H2,30,38)(H2,31,39)(H,32,33)/b5-4+,35-28-. The second-order valence-electron chi connectivity index (χ2n) is 9.26. The molecular weight excluding hydrogens is 576 g/mol. The smallest absolute Gasteiger partial charge is 0.317 e. The lowest BCUT2D eigenvalue weighted by molar-refractivity contribution is 0.0966. The maximum Gasteiger partial charge on any atom is 0.317 e. The molecule has 0 fully saturated rings. The van der Waals surface area contributed by atoms with Crippen LogP contribution < -0.4 is 32.1 Å². The molecule has 226 valence electrons. The highest BCUT2D eigenvalue weighted by atomic mass is 32.1. The molecule has 3 amide bonds. The predicted molar refractivity (Wildman–Crippen MR) is 161 cm³/mol. The third-order valence-electron chi connectivity index (χ3n) is 6.16. The van der Waals surface area contributed by atoms with Crippen molar-refractivity contribution in [2.45, 2.75) is 33.2 Å². The number of benzene rings is 1. The van der Waals surface area contributed by atoms with E-state index in [1.165, 1.54) is 29.7 Å². The number of carbonyl (C=O) groups excluding carboxylic acids is 3. The van der Waals surface area contributed by atoms with Crippen molar-refractivity contribution >= 4 is 50.8 Å². The summed E-state index contributed by atoms with van der Waals surface area (Å²) < 4.78 is 13.9. The number of allylic oxidation sites excluding steroid dienone is 1. The minimum absolute atomic E-state index is 0.0634. The first-order chi connectivity index (χ1) is 20.6. The zero-order valence-electron chi connectivity index (χ0n) is 23.6. The Labute approximate surface area is 249 Å². The summed E-state index contributed by atoms with van der Waals surface area (Å²) in [6.45, 7) is 4.24. The number of nitrogens with zero attached hydrogens (tertiary/aromatic N) is 4. The number of oxazole rings is 1. The van der Waals surface area contributed by atoms with Crippen LogP contribution in [0.2, 0.25) is 0 Å². The molecule has 0 saturated carbocycles. The zero-order valence-corrected chi connectivity index (χ0v) is 24.4. The average molecular weight is 609 g/mol. The largest absolute Gasteiger partial charge is 0.491 e. The molecule has 15 heteroatoms. The van der Waals surface area contributed by atoms with E-state index in [9.17, 15) is 19.5 Å². The van der Waals surface area contributed by atoms with Crippen LogP contribution in [0.5, 0.6) is 5.75 Å². The third kappa shape index (κ3) is 7.25. The van der Waals surface area contributed by atoms with Crippen LogP contribution in [0.3, 0.4) is 0 Å². The van der Waals surface area contributed by atoms with Crippen molar-refractivity contribution in [2.24, 2.45) is 16.5 Å². The zero-order chi connectivity index (χ0) is 31.1. The van der Waals surface area contributed by atoms with Crippen LogP contribution in [-0.2, 0) is 13.0 Å². The van der Waals surface area contributed by atoms with Gasteiger partial charge in [0.1, 0.15) is 17.1 Å². The summed E-state index contributed by atoms with van der Waals surface area (Å²) in [5.41, 5.74) is 18.6. The van der Waals surface area contributed by atoms with Gasteiger partial charge in [-0.3, -0.25) is 14.4 Å². The minimum Gasteiger partial charge on any atom is -0.491 e. The summed E-state index contributed by atoms with van der Waals surface area (Å²) in [7, 11) is 0. The molecule has 0 unspecified atom stereocenters. The van der Waals surface area contributed by atoms with Gasteiger partial charge >= 0.3 is 5.91 Å². The summed E-state index contributed by atoms with van der Waals surface area (Å²) in [6.07, 6.45) is 5.86. The highest BCUT2D eigenvalue weighted by Gasteiger charge is 2.20. The van der Waals surface area contributed by atoms with Gasteiger partial charge in [-0.25, -0.2) is 9.97 Å². The molecule has 0 aliphatic heterocycles. The van der Waals surface area contributed by atoms with Crippen LogP contribution in [0, 0.1) is 6.92 Å². The maximum absolute atomic E-state index is 13.2. The molecule has 0 bridgehead atoms. The summed E-state index contributed by atoms with van der Waals surface area (Å²) in [5.74, 6) is -0.700. The number of aliphatic hydroxyl groups excluding tert-OH is 1. The number of anilines is 2. The predicted octanol–water partition coefficient (Wildman–Crippen LogP) is 1.91. The number of aryl methyl sites for hydroxylation is 2. The Bertz CT molecular complexity index is 1770. The lowest BCUT2D eigenvalue weighted by atomic mass is 10.2. The summed E-state index contributed by atoms with van der Waals surface area (Å²) in [5, 5.41) is 12.3. The number of nitrogen functional groups attached to an aromatic ring is 1. The van der Waals surface area contributed by atoms with Gasteiger partial charge in [0.2, 0.25) is 17.6 Å². The topological polar surface area (TPSA) is 227 Å². The second-order valence-corrected chi connectivity index (χ2v) is 10.3. The molecule has 0 aliphatic carbocycles. The number of thiazole rings is 1. The Kier molecular flexibility index (Phi) is 9.90. The van der Waals surface area contributed by atoms with Crippen molar-refractivity contribution < 1.29 is 28.6 Å². The molecule has 43 heavy (non-hydrogen) atoms. The number of aliphatic hydroxyl groups is 1. The summed E-state index contributed by atoms with van der Waals surface area (Å²) in [4.78, 5) is 49.7. The molecule has 3 aromatic heterocycles. The Balaban J connectivity index is 1.71. The molecule has 3 heterocycles. The summed E-state index contributed by atoms with van der Waals surface area (Å²) in [6, 6.07) is 4.59. The Morgan fingerprint density at radius 1 is 1.19 bits per heavy atom. The molecule has 0 radical (unpaired) electrons. The van der Waals surface area contributed by atoms with Gasteiger partial charge in [0.05, 0.1) is 28.3 Å². The van der Waals surface area contributed by atoms with Gasteiger partial charge in [0.15, 0.2) is 10.7 Å². The monoisotopic (exact) mass is 608 g/mol. The molecular formula is C28H32N8O6S. The van der Waals surface area contributed by atoms with Crippen molar-refractivity contribution in [2.75, 3.05) is 30.8 Å². The molecule has 14 nitrogen and oxygen atoms in total. The SMILES string of the molecule is CCc1nc(C)oc1C(=O)/N=c1\sc2cc(C(N)=O)cc(OCCCO)c2n1C/C=C/CNc1ncc(C(N)=O)cc1N. The molecule has 8 N–H and O–H groups in total.